The first kappa shape index (κ1) is 16.8. The van der Waals surface area contributed by atoms with Crippen LogP contribution in [0, 0.1) is 5.92 Å². The van der Waals surface area contributed by atoms with Crippen molar-refractivity contribution in [2.24, 2.45) is 5.92 Å². The molecule has 2 aromatic rings. The van der Waals surface area contributed by atoms with Gasteiger partial charge in [0, 0.05) is 18.8 Å². The van der Waals surface area contributed by atoms with Crippen LogP contribution in [-0.2, 0) is 0 Å². The molecule has 1 aliphatic rings. The topological polar surface area (TPSA) is 71.0 Å². The van der Waals surface area contributed by atoms with Crippen LogP contribution in [0.3, 0.4) is 0 Å². The van der Waals surface area contributed by atoms with E-state index in [-0.39, 0.29) is 5.91 Å². The van der Waals surface area contributed by atoms with E-state index in [4.69, 9.17) is 0 Å². The Balaban J connectivity index is 1.64. The zero-order chi connectivity index (χ0) is 16.9. The Morgan fingerprint density at radius 2 is 2.33 bits per heavy atom. The molecule has 1 saturated heterocycles. The predicted octanol–water partition coefficient (Wildman–Crippen LogP) is 3.59. The standard InChI is InChI=1S/C17H23N5OS/c1-12(2)5-7-14-4-3-9-22(14)15-8-6-13(10-18-15)16(23)20-17-21-19-11-24-17/h6,8,10-12,14H,3-5,7,9H2,1-2H3,(H,20,21,23). The van der Waals surface area contributed by atoms with Gasteiger partial charge in [-0.1, -0.05) is 25.2 Å². The first-order valence-electron chi connectivity index (χ1n) is 8.43. The van der Waals surface area contributed by atoms with E-state index in [1.54, 1.807) is 11.7 Å². The van der Waals surface area contributed by atoms with Gasteiger partial charge in [0.25, 0.3) is 5.91 Å². The van der Waals surface area contributed by atoms with Crippen molar-refractivity contribution in [3.05, 3.63) is 29.4 Å². The first-order chi connectivity index (χ1) is 11.6. The Kier molecular flexibility index (Phi) is 5.40. The minimum absolute atomic E-state index is 0.205. The molecule has 3 rings (SSSR count). The molecular formula is C17H23N5OS. The summed E-state index contributed by atoms with van der Waals surface area (Å²) in [6.45, 7) is 5.58. The molecule has 1 N–H and O–H groups in total. The van der Waals surface area contributed by atoms with Gasteiger partial charge in [-0.05, 0) is 43.7 Å². The Morgan fingerprint density at radius 3 is 3.00 bits per heavy atom. The average molecular weight is 345 g/mol. The SMILES string of the molecule is CC(C)CCC1CCCN1c1ccc(C(=O)Nc2nncs2)cn1. The first-order valence-corrected chi connectivity index (χ1v) is 9.31. The Hall–Kier alpha value is -2.02. The van der Waals surface area contributed by atoms with Crippen LogP contribution in [0.2, 0.25) is 0 Å². The Morgan fingerprint density at radius 1 is 1.46 bits per heavy atom. The lowest BCUT2D eigenvalue weighted by Gasteiger charge is -2.26. The van der Waals surface area contributed by atoms with Gasteiger partial charge in [-0.2, -0.15) is 0 Å². The van der Waals surface area contributed by atoms with Gasteiger partial charge in [0.05, 0.1) is 5.56 Å². The number of hydrogen-bond acceptors (Lipinski definition) is 6. The summed E-state index contributed by atoms with van der Waals surface area (Å²) in [5.74, 6) is 1.49. The third-order valence-corrected chi connectivity index (χ3v) is 4.95. The van der Waals surface area contributed by atoms with Crippen molar-refractivity contribution >= 4 is 28.2 Å². The number of carbonyl (C=O) groups is 1. The minimum atomic E-state index is -0.205. The van der Waals surface area contributed by atoms with E-state index >= 15 is 0 Å². The number of nitrogens with zero attached hydrogens (tertiary/aromatic N) is 4. The van der Waals surface area contributed by atoms with Gasteiger partial charge in [-0.25, -0.2) is 4.98 Å². The summed E-state index contributed by atoms with van der Waals surface area (Å²) in [6.07, 6.45) is 6.53. The normalized spacial score (nSPS) is 17.5. The molecule has 0 bridgehead atoms. The highest BCUT2D eigenvalue weighted by Gasteiger charge is 2.25. The van der Waals surface area contributed by atoms with E-state index in [1.165, 1.54) is 37.0 Å². The van der Waals surface area contributed by atoms with Crippen LogP contribution in [0.25, 0.3) is 0 Å². The van der Waals surface area contributed by atoms with Gasteiger partial charge in [0.15, 0.2) is 0 Å². The molecule has 7 heteroatoms. The van der Waals surface area contributed by atoms with Crippen molar-refractivity contribution in [1.29, 1.82) is 0 Å². The molecule has 0 spiro atoms. The average Bonchev–Trinajstić information content (AvgIpc) is 3.24. The number of nitrogens with one attached hydrogen (secondary N) is 1. The molecule has 0 aromatic carbocycles. The lowest BCUT2D eigenvalue weighted by Crippen LogP contribution is -2.30. The number of amides is 1. The van der Waals surface area contributed by atoms with E-state index in [0.717, 1.165) is 18.3 Å². The fraction of sp³-hybridized carbons (Fsp3) is 0.529. The highest BCUT2D eigenvalue weighted by Crippen LogP contribution is 2.27. The van der Waals surface area contributed by atoms with Gasteiger partial charge in [-0.15, -0.1) is 10.2 Å². The molecule has 6 nitrogen and oxygen atoms in total. The molecular weight excluding hydrogens is 322 g/mol. The largest absolute Gasteiger partial charge is 0.354 e. The highest BCUT2D eigenvalue weighted by atomic mass is 32.1. The van der Waals surface area contributed by atoms with Crippen molar-refractivity contribution < 1.29 is 4.79 Å². The van der Waals surface area contributed by atoms with Crippen LogP contribution in [0.5, 0.6) is 0 Å². The summed E-state index contributed by atoms with van der Waals surface area (Å²) in [5.41, 5.74) is 2.12. The van der Waals surface area contributed by atoms with Crippen LogP contribution < -0.4 is 10.2 Å². The van der Waals surface area contributed by atoms with Crippen LogP contribution in [0.4, 0.5) is 10.9 Å². The van der Waals surface area contributed by atoms with Crippen molar-refractivity contribution in [2.75, 3.05) is 16.8 Å². The molecule has 1 aliphatic heterocycles. The Labute approximate surface area is 146 Å². The molecule has 1 fully saturated rings. The van der Waals surface area contributed by atoms with Gasteiger partial charge >= 0.3 is 0 Å². The fourth-order valence-corrected chi connectivity index (χ4v) is 3.49. The summed E-state index contributed by atoms with van der Waals surface area (Å²) < 4.78 is 0. The molecule has 128 valence electrons. The van der Waals surface area contributed by atoms with Gasteiger partial charge in [0.1, 0.15) is 11.3 Å². The second kappa shape index (κ2) is 7.70. The number of pyridine rings is 1. The Bertz CT molecular complexity index is 656. The van der Waals surface area contributed by atoms with Crippen LogP contribution >= 0.6 is 11.3 Å². The third-order valence-electron chi connectivity index (χ3n) is 4.34. The molecule has 2 aromatic heterocycles. The summed E-state index contributed by atoms with van der Waals surface area (Å²) >= 11 is 1.29. The van der Waals surface area contributed by atoms with Crippen molar-refractivity contribution in [3.8, 4) is 0 Å². The summed E-state index contributed by atoms with van der Waals surface area (Å²) in [4.78, 5) is 19.1. The molecule has 1 atom stereocenters. The second-order valence-corrected chi connectivity index (χ2v) is 7.40. The van der Waals surface area contributed by atoms with Crippen molar-refractivity contribution in [2.45, 2.75) is 45.6 Å². The zero-order valence-electron chi connectivity index (χ0n) is 14.1. The van der Waals surface area contributed by atoms with Crippen LogP contribution in [-0.4, -0.2) is 33.7 Å². The summed E-state index contributed by atoms with van der Waals surface area (Å²) in [6, 6.07) is 4.35. The third kappa shape index (κ3) is 4.08. The maximum atomic E-state index is 12.2. The molecule has 0 saturated carbocycles. The summed E-state index contributed by atoms with van der Waals surface area (Å²) in [7, 11) is 0. The van der Waals surface area contributed by atoms with Crippen molar-refractivity contribution in [3.63, 3.8) is 0 Å². The summed E-state index contributed by atoms with van der Waals surface area (Å²) in [5, 5.41) is 10.7. The maximum Gasteiger partial charge on any atom is 0.259 e. The van der Waals surface area contributed by atoms with E-state index in [2.05, 4.69) is 39.2 Å². The van der Waals surface area contributed by atoms with E-state index < -0.39 is 0 Å². The molecule has 1 amide bonds. The van der Waals surface area contributed by atoms with E-state index in [0.29, 0.717) is 16.7 Å². The monoisotopic (exact) mass is 345 g/mol. The quantitative estimate of drug-likeness (QED) is 0.866. The molecule has 3 heterocycles. The van der Waals surface area contributed by atoms with Gasteiger partial charge in [-0.3, -0.25) is 10.1 Å². The number of anilines is 2. The molecule has 1 unspecified atom stereocenters. The number of rotatable bonds is 6. The van der Waals surface area contributed by atoms with Gasteiger partial charge < -0.3 is 4.90 Å². The predicted molar refractivity (Wildman–Crippen MR) is 96.5 cm³/mol. The maximum absolute atomic E-state index is 12.2. The lowest BCUT2D eigenvalue weighted by atomic mass is 10.0. The molecule has 0 radical (unpaired) electrons. The van der Waals surface area contributed by atoms with Gasteiger partial charge in [0.2, 0.25) is 5.13 Å². The fourth-order valence-electron chi connectivity index (χ4n) is 3.05. The highest BCUT2D eigenvalue weighted by molar-refractivity contribution is 7.13. The number of carbonyl (C=O) groups excluding carboxylic acids is 1. The smallest absolute Gasteiger partial charge is 0.259 e. The van der Waals surface area contributed by atoms with Crippen molar-refractivity contribution in [1.82, 2.24) is 15.2 Å². The van der Waals surface area contributed by atoms with E-state index in [9.17, 15) is 4.79 Å². The molecule has 0 aliphatic carbocycles. The minimum Gasteiger partial charge on any atom is -0.354 e. The second-order valence-electron chi connectivity index (χ2n) is 6.56. The number of hydrogen-bond donors (Lipinski definition) is 1. The van der Waals surface area contributed by atoms with Crippen LogP contribution in [0.1, 0.15) is 49.9 Å². The van der Waals surface area contributed by atoms with Crippen LogP contribution in [0.15, 0.2) is 23.8 Å². The number of aromatic nitrogens is 3. The lowest BCUT2D eigenvalue weighted by molar-refractivity contribution is 0.102. The molecule has 24 heavy (non-hydrogen) atoms. The zero-order valence-corrected chi connectivity index (χ0v) is 14.9. The van der Waals surface area contributed by atoms with E-state index in [1.807, 2.05) is 12.1 Å².